The molecule has 3 aromatic rings. The summed E-state index contributed by atoms with van der Waals surface area (Å²) in [5, 5.41) is -0.117. The lowest BCUT2D eigenvalue weighted by atomic mass is 10.1. The van der Waals surface area contributed by atoms with E-state index in [2.05, 4.69) is 4.98 Å². The number of hydrogen-bond acceptors (Lipinski definition) is 5. The van der Waals surface area contributed by atoms with Crippen LogP contribution in [0.2, 0.25) is 0 Å². The number of benzene rings is 2. The molecule has 0 atom stereocenters. The molecule has 7 nitrogen and oxygen atoms in total. The highest BCUT2D eigenvalue weighted by Crippen LogP contribution is 2.26. The molecule has 0 spiro atoms. The number of aromatic nitrogens is 2. The molecule has 3 rings (SSSR count). The van der Waals surface area contributed by atoms with Gasteiger partial charge < -0.3 is 9.30 Å². The zero-order valence-electron chi connectivity index (χ0n) is 17.7. The predicted molar refractivity (Wildman–Crippen MR) is 115 cm³/mol. The van der Waals surface area contributed by atoms with Gasteiger partial charge in [0.1, 0.15) is 11.4 Å². The topological polar surface area (TPSA) is 81.5 Å². The maximum atomic E-state index is 13.3. The van der Waals surface area contributed by atoms with Crippen molar-refractivity contribution in [3.8, 4) is 0 Å². The van der Waals surface area contributed by atoms with Crippen LogP contribution < -0.4 is 4.31 Å². The lowest BCUT2D eigenvalue weighted by Crippen LogP contribution is -2.31. The SMILES string of the molecule is Cn1cnc(S(=O)(=O)N(Cc2ccc(F)cc2)c2ccc(C(=O)OC(C)(C)C)cc2)c1. The van der Waals surface area contributed by atoms with E-state index in [1.807, 2.05) is 0 Å². The van der Waals surface area contributed by atoms with Gasteiger partial charge in [-0.25, -0.2) is 14.2 Å². The fourth-order valence-electron chi connectivity index (χ4n) is 2.81. The van der Waals surface area contributed by atoms with E-state index in [0.717, 1.165) is 0 Å². The lowest BCUT2D eigenvalue weighted by molar-refractivity contribution is 0.00695. The number of rotatable bonds is 6. The summed E-state index contributed by atoms with van der Waals surface area (Å²) in [6, 6.07) is 11.7. The predicted octanol–water partition coefficient (Wildman–Crippen LogP) is 3.91. The number of sulfonamides is 1. The minimum atomic E-state index is -4.01. The maximum Gasteiger partial charge on any atom is 0.338 e. The minimum absolute atomic E-state index is 0.0367. The molecule has 0 aliphatic carbocycles. The van der Waals surface area contributed by atoms with E-state index in [1.54, 1.807) is 27.8 Å². The van der Waals surface area contributed by atoms with E-state index in [1.165, 1.54) is 69.9 Å². The first-order valence-corrected chi connectivity index (χ1v) is 11.0. The van der Waals surface area contributed by atoms with Crippen LogP contribution in [0.5, 0.6) is 0 Å². The van der Waals surface area contributed by atoms with Crippen molar-refractivity contribution in [1.82, 2.24) is 9.55 Å². The van der Waals surface area contributed by atoms with Gasteiger partial charge in [0.15, 0.2) is 5.03 Å². The van der Waals surface area contributed by atoms with E-state index in [9.17, 15) is 17.6 Å². The van der Waals surface area contributed by atoms with Crippen LogP contribution >= 0.6 is 0 Å². The number of aryl methyl sites for hydroxylation is 1. The summed E-state index contributed by atoms with van der Waals surface area (Å²) in [5.41, 5.74) is 0.585. The molecule has 2 aromatic carbocycles. The number of carbonyl (C=O) groups is 1. The highest BCUT2D eigenvalue weighted by Gasteiger charge is 2.28. The number of anilines is 1. The van der Waals surface area contributed by atoms with Crippen LogP contribution in [0.3, 0.4) is 0 Å². The highest BCUT2D eigenvalue weighted by atomic mass is 32.2. The number of nitrogens with zero attached hydrogens (tertiary/aromatic N) is 3. The van der Waals surface area contributed by atoms with Gasteiger partial charge in [0.2, 0.25) is 0 Å². The zero-order valence-corrected chi connectivity index (χ0v) is 18.6. The maximum absolute atomic E-state index is 13.3. The standard InChI is InChI=1S/C22H24FN3O4S/c1-22(2,3)30-21(27)17-7-11-19(12-8-17)26(13-16-5-9-18(23)10-6-16)31(28,29)20-14-25(4)15-24-20/h5-12,14-15H,13H2,1-4H3. The summed E-state index contributed by atoms with van der Waals surface area (Å²) < 4.78 is 48.0. The van der Waals surface area contributed by atoms with Crippen molar-refractivity contribution in [2.45, 2.75) is 37.9 Å². The third-order valence-corrected chi connectivity index (χ3v) is 5.92. The van der Waals surface area contributed by atoms with Gasteiger partial charge in [-0.1, -0.05) is 12.1 Å². The monoisotopic (exact) mass is 445 g/mol. The molecule has 0 aliphatic rings. The number of imidazole rings is 1. The summed E-state index contributed by atoms with van der Waals surface area (Å²) in [6.07, 6.45) is 2.80. The third-order valence-electron chi connectivity index (χ3n) is 4.26. The first-order valence-electron chi connectivity index (χ1n) is 9.54. The van der Waals surface area contributed by atoms with Gasteiger partial charge in [0.05, 0.1) is 24.1 Å². The second kappa shape index (κ2) is 8.50. The lowest BCUT2D eigenvalue weighted by Gasteiger charge is -2.24. The first kappa shape index (κ1) is 22.5. The Balaban J connectivity index is 1.98. The van der Waals surface area contributed by atoms with Crippen molar-refractivity contribution in [2.75, 3.05) is 4.31 Å². The van der Waals surface area contributed by atoms with Crippen molar-refractivity contribution >= 4 is 21.7 Å². The molecule has 31 heavy (non-hydrogen) atoms. The van der Waals surface area contributed by atoms with Crippen LogP contribution in [-0.4, -0.2) is 29.5 Å². The Morgan fingerprint density at radius 1 is 1.10 bits per heavy atom. The molecule has 0 radical (unpaired) electrons. The van der Waals surface area contributed by atoms with Crippen molar-refractivity contribution < 1.29 is 22.3 Å². The van der Waals surface area contributed by atoms with Gasteiger partial charge >= 0.3 is 5.97 Å². The van der Waals surface area contributed by atoms with Crippen molar-refractivity contribution in [3.63, 3.8) is 0 Å². The fourth-order valence-corrected chi connectivity index (χ4v) is 4.23. The Labute approximate surface area is 181 Å². The summed E-state index contributed by atoms with van der Waals surface area (Å²) in [5.74, 6) is -0.915. The normalized spacial score (nSPS) is 11.9. The van der Waals surface area contributed by atoms with Gasteiger partial charge in [-0.3, -0.25) is 4.31 Å². The van der Waals surface area contributed by atoms with Gasteiger partial charge in [0, 0.05) is 13.2 Å². The van der Waals surface area contributed by atoms with Crippen LogP contribution in [0.25, 0.3) is 0 Å². The van der Waals surface area contributed by atoms with Crippen LogP contribution in [0.4, 0.5) is 10.1 Å². The Morgan fingerprint density at radius 3 is 2.23 bits per heavy atom. The zero-order chi connectivity index (χ0) is 22.8. The number of hydrogen-bond donors (Lipinski definition) is 0. The second-order valence-corrected chi connectivity index (χ2v) is 9.87. The molecule has 0 aliphatic heterocycles. The minimum Gasteiger partial charge on any atom is -0.456 e. The van der Waals surface area contributed by atoms with Crippen LogP contribution in [0.1, 0.15) is 36.7 Å². The van der Waals surface area contributed by atoms with Crippen molar-refractivity contribution in [3.05, 3.63) is 78.0 Å². The molecular formula is C22H24FN3O4S. The average molecular weight is 446 g/mol. The largest absolute Gasteiger partial charge is 0.456 e. The summed E-state index contributed by atoms with van der Waals surface area (Å²) in [4.78, 5) is 16.3. The molecule has 0 saturated carbocycles. The van der Waals surface area contributed by atoms with E-state index in [-0.39, 0.29) is 11.6 Å². The average Bonchev–Trinajstić information content (AvgIpc) is 3.13. The van der Waals surface area contributed by atoms with Crippen molar-refractivity contribution in [2.24, 2.45) is 7.05 Å². The first-order chi connectivity index (χ1) is 14.5. The molecule has 9 heteroatoms. The van der Waals surface area contributed by atoms with Crippen LogP contribution in [0, 0.1) is 5.82 Å². The van der Waals surface area contributed by atoms with Gasteiger partial charge in [-0.15, -0.1) is 0 Å². The molecule has 0 amide bonds. The number of esters is 1. The second-order valence-electron chi connectivity index (χ2n) is 8.06. The third kappa shape index (κ3) is 5.49. The van der Waals surface area contributed by atoms with Gasteiger partial charge in [-0.05, 0) is 62.7 Å². The number of halogens is 1. The highest BCUT2D eigenvalue weighted by molar-refractivity contribution is 7.92. The van der Waals surface area contributed by atoms with Gasteiger partial charge in [0.25, 0.3) is 10.0 Å². The molecule has 1 heterocycles. The number of ether oxygens (including phenoxy) is 1. The van der Waals surface area contributed by atoms with Crippen molar-refractivity contribution in [1.29, 1.82) is 0 Å². The fraction of sp³-hybridized carbons (Fsp3) is 0.273. The van der Waals surface area contributed by atoms with Crippen LogP contribution in [0.15, 0.2) is 66.1 Å². The van der Waals surface area contributed by atoms with E-state index < -0.39 is 27.4 Å². The molecule has 0 bridgehead atoms. The molecule has 0 unspecified atom stereocenters. The Bertz CT molecular complexity index is 1160. The Morgan fingerprint density at radius 2 is 1.71 bits per heavy atom. The molecular weight excluding hydrogens is 421 g/mol. The van der Waals surface area contributed by atoms with Gasteiger partial charge in [-0.2, -0.15) is 8.42 Å². The van der Waals surface area contributed by atoms with E-state index in [4.69, 9.17) is 4.74 Å². The van der Waals surface area contributed by atoms with Crippen LogP contribution in [-0.2, 0) is 28.4 Å². The Hall–Kier alpha value is -3.20. The smallest absolute Gasteiger partial charge is 0.338 e. The van der Waals surface area contributed by atoms with E-state index in [0.29, 0.717) is 16.8 Å². The molecule has 0 saturated heterocycles. The molecule has 164 valence electrons. The summed E-state index contributed by atoms with van der Waals surface area (Å²) in [6.45, 7) is 5.26. The number of carbonyl (C=O) groups excluding carboxylic acids is 1. The Kier molecular flexibility index (Phi) is 6.17. The quantitative estimate of drug-likeness (QED) is 0.538. The molecule has 1 aromatic heterocycles. The summed E-state index contributed by atoms with van der Waals surface area (Å²) in [7, 11) is -2.34. The summed E-state index contributed by atoms with van der Waals surface area (Å²) >= 11 is 0. The van der Waals surface area contributed by atoms with E-state index >= 15 is 0 Å². The molecule has 0 fully saturated rings. The molecule has 0 N–H and O–H groups in total.